The number of thioether (sulfide) groups is 1. The number of carboxylic acid groups (broad SMARTS) is 1. The number of fused-ring (bicyclic) bond motifs is 1. The molecule has 34 heavy (non-hydrogen) atoms. The van der Waals surface area contributed by atoms with Crippen molar-refractivity contribution in [1.29, 1.82) is 0 Å². The van der Waals surface area contributed by atoms with E-state index in [1.165, 1.54) is 5.56 Å². The van der Waals surface area contributed by atoms with Crippen molar-refractivity contribution in [1.82, 2.24) is 5.32 Å². The van der Waals surface area contributed by atoms with E-state index in [0.29, 0.717) is 53.0 Å². The molecule has 3 aromatic rings. The van der Waals surface area contributed by atoms with Gasteiger partial charge < -0.3 is 19.9 Å². The summed E-state index contributed by atoms with van der Waals surface area (Å²) < 4.78 is 11.5. The Kier molecular flexibility index (Phi) is 7.65. The first kappa shape index (κ1) is 24.0. The molecule has 0 saturated carbocycles. The maximum absolute atomic E-state index is 12.6. The summed E-state index contributed by atoms with van der Waals surface area (Å²) in [4.78, 5) is 24.1. The van der Waals surface area contributed by atoms with Gasteiger partial charge in [0, 0.05) is 29.0 Å². The number of benzene rings is 3. The number of hydrogen-bond acceptors (Lipinski definition) is 5. The van der Waals surface area contributed by atoms with E-state index in [0.717, 1.165) is 0 Å². The number of carboxylic acids is 1. The summed E-state index contributed by atoms with van der Waals surface area (Å²) in [7, 11) is 0. The smallest absolute Gasteiger partial charge is 0.311 e. The van der Waals surface area contributed by atoms with Gasteiger partial charge in [-0.1, -0.05) is 41.9 Å². The lowest BCUT2D eigenvalue weighted by Gasteiger charge is -2.24. The largest absolute Gasteiger partial charge is 0.493 e. The minimum absolute atomic E-state index is 0.165. The first-order valence-corrected chi connectivity index (χ1v) is 12.5. The zero-order valence-electron chi connectivity index (χ0n) is 18.5. The second-order valence-electron chi connectivity index (χ2n) is 7.82. The second-order valence-corrected chi connectivity index (χ2v) is 9.27. The fraction of sp³-hybridized carbons (Fsp3) is 0.231. The Bertz CT molecular complexity index is 1170. The monoisotopic (exact) mass is 497 g/mol. The molecule has 8 heteroatoms. The first-order valence-electron chi connectivity index (χ1n) is 10.8. The van der Waals surface area contributed by atoms with Gasteiger partial charge in [-0.2, -0.15) is 11.8 Å². The molecule has 0 aromatic heterocycles. The Hall–Kier alpha value is -3.16. The summed E-state index contributed by atoms with van der Waals surface area (Å²) in [5.74, 6) is -0.418. The van der Waals surface area contributed by atoms with Crippen LogP contribution in [0.3, 0.4) is 0 Å². The highest BCUT2D eigenvalue weighted by molar-refractivity contribution is 7.98. The third-order valence-electron chi connectivity index (χ3n) is 5.65. The van der Waals surface area contributed by atoms with Crippen LogP contribution in [-0.2, 0) is 4.79 Å². The van der Waals surface area contributed by atoms with E-state index >= 15 is 0 Å². The Morgan fingerprint density at radius 3 is 2.59 bits per heavy atom. The van der Waals surface area contributed by atoms with Crippen molar-refractivity contribution in [2.24, 2.45) is 0 Å². The van der Waals surface area contributed by atoms with Crippen molar-refractivity contribution in [3.05, 3.63) is 88.4 Å². The molecule has 0 aliphatic carbocycles. The van der Waals surface area contributed by atoms with Crippen molar-refractivity contribution in [2.45, 2.75) is 17.6 Å². The molecule has 0 fully saturated rings. The molecule has 4 rings (SSSR count). The molecule has 1 heterocycles. The third kappa shape index (κ3) is 5.48. The van der Waals surface area contributed by atoms with Crippen molar-refractivity contribution in [3.63, 3.8) is 0 Å². The molecule has 1 amide bonds. The molecule has 2 N–H and O–H groups in total. The van der Waals surface area contributed by atoms with E-state index in [4.69, 9.17) is 21.1 Å². The van der Waals surface area contributed by atoms with Gasteiger partial charge in [0.25, 0.3) is 5.91 Å². The van der Waals surface area contributed by atoms with Gasteiger partial charge in [-0.25, -0.2) is 0 Å². The lowest BCUT2D eigenvalue weighted by molar-refractivity contribution is -0.139. The average Bonchev–Trinajstić information content (AvgIpc) is 2.85. The van der Waals surface area contributed by atoms with Gasteiger partial charge in [0.15, 0.2) is 0 Å². The molecule has 0 spiro atoms. The molecule has 0 bridgehead atoms. The second kappa shape index (κ2) is 10.8. The fourth-order valence-corrected chi connectivity index (χ4v) is 4.71. The van der Waals surface area contributed by atoms with Crippen LogP contribution < -0.4 is 14.8 Å². The van der Waals surface area contributed by atoms with Crippen molar-refractivity contribution < 1.29 is 24.2 Å². The number of halogens is 1. The van der Waals surface area contributed by atoms with Crippen LogP contribution in [0.5, 0.6) is 17.2 Å². The van der Waals surface area contributed by atoms with Crippen LogP contribution in [0.4, 0.5) is 0 Å². The maximum Gasteiger partial charge on any atom is 0.311 e. The summed E-state index contributed by atoms with van der Waals surface area (Å²) in [6.07, 6.45) is 2.42. The third-order valence-corrected chi connectivity index (χ3v) is 6.95. The Labute approximate surface area is 207 Å². The molecule has 176 valence electrons. The molecule has 1 aliphatic heterocycles. The molecule has 0 radical (unpaired) electrons. The van der Waals surface area contributed by atoms with E-state index < -0.39 is 11.9 Å². The average molecular weight is 498 g/mol. The maximum atomic E-state index is 12.6. The van der Waals surface area contributed by atoms with Gasteiger partial charge in [-0.15, -0.1) is 0 Å². The van der Waals surface area contributed by atoms with E-state index in [9.17, 15) is 14.7 Å². The molecular formula is C26H24ClNO5S. The Morgan fingerprint density at radius 2 is 1.91 bits per heavy atom. The molecular weight excluding hydrogens is 474 g/mol. The number of aliphatic carboxylic acids is 1. The Morgan fingerprint density at radius 1 is 1.18 bits per heavy atom. The van der Waals surface area contributed by atoms with Crippen LogP contribution in [0.2, 0.25) is 5.02 Å². The molecule has 2 unspecified atom stereocenters. The number of ether oxygens (including phenoxy) is 2. The highest BCUT2D eigenvalue weighted by atomic mass is 35.5. The van der Waals surface area contributed by atoms with Crippen molar-refractivity contribution in [2.75, 3.05) is 19.4 Å². The summed E-state index contributed by atoms with van der Waals surface area (Å²) in [5, 5.41) is 12.9. The van der Waals surface area contributed by atoms with Gasteiger partial charge in [-0.3, -0.25) is 9.59 Å². The minimum atomic E-state index is -0.907. The van der Waals surface area contributed by atoms with Crippen molar-refractivity contribution >= 4 is 35.2 Å². The van der Waals surface area contributed by atoms with Crippen LogP contribution >= 0.6 is 23.4 Å². The highest BCUT2D eigenvalue weighted by Crippen LogP contribution is 2.41. The topological polar surface area (TPSA) is 84.9 Å². The lowest BCUT2D eigenvalue weighted by atomic mass is 9.93. The minimum Gasteiger partial charge on any atom is -0.493 e. The van der Waals surface area contributed by atoms with Gasteiger partial charge >= 0.3 is 5.97 Å². The lowest BCUT2D eigenvalue weighted by Crippen LogP contribution is -2.27. The van der Waals surface area contributed by atoms with Gasteiger partial charge in [0.2, 0.25) is 0 Å². The van der Waals surface area contributed by atoms with Crippen molar-refractivity contribution in [3.8, 4) is 17.2 Å². The molecule has 6 nitrogen and oxygen atoms in total. The predicted octanol–water partition coefficient (Wildman–Crippen LogP) is 5.92. The fourth-order valence-electron chi connectivity index (χ4n) is 3.82. The predicted molar refractivity (Wildman–Crippen MR) is 133 cm³/mol. The van der Waals surface area contributed by atoms with Gasteiger partial charge in [0.05, 0.1) is 17.5 Å². The van der Waals surface area contributed by atoms with Crippen LogP contribution in [0.15, 0.2) is 66.7 Å². The number of carbonyl (C=O) groups is 2. The molecule has 2 atom stereocenters. The molecule has 1 aliphatic rings. The Balaban J connectivity index is 1.41. The number of amides is 1. The molecule has 3 aromatic carbocycles. The summed E-state index contributed by atoms with van der Waals surface area (Å²) in [5.41, 5.74) is 2.23. The van der Waals surface area contributed by atoms with Crippen LogP contribution in [0.25, 0.3) is 0 Å². The SMILES string of the molecule is CSC(CNC(=O)c1ccc(Oc2cc3c(cc2Cl)C(C(=O)O)CCO3)cc1)c1ccccc1. The zero-order valence-corrected chi connectivity index (χ0v) is 20.1. The highest BCUT2D eigenvalue weighted by Gasteiger charge is 2.29. The van der Waals surface area contributed by atoms with E-state index in [1.807, 2.05) is 24.5 Å². The number of hydrogen-bond donors (Lipinski definition) is 2. The van der Waals surface area contributed by atoms with E-state index in [-0.39, 0.29) is 11.2 Å². The number of nitrogens with one attached hydrogen (secondary N) is 1. The van der Waals surface area contributed by atoms with Crippen LogP contribution in [-0.4, -0.2) is 36.4 Å². The zero-order chi connectivity index (χ0) is 24.1. The van der Waals surface area contributed by atoms with Gasteiger partial charge in [-0.05, 0) is 48.6 Å². The number of rotatable bonds is 8. The standard InChI is InChI=1S/C26H24ClNO5S/c1-34-24(16-5-3-2-4-6-16)15-28-25(29)17-7-9-18(10-8-17)33-23-14-22-20(13-21(23)27)19(26(30)31)11-12-32-22/h2-10,13-14,19,24H,11-12,15H2,1H3,(H,28,29)(H,30,31). The molecule has 0 saturated heterocycles. The summed E-state index contributed by atoms with van der Waals surface area (Å²) in [6.45, 7) is 0.834. The van der Waals surface area contributed by atoms with E-state index in [1.54, 1.807) is 48.2 Å². The quantitative estimate of drug-likeness (QED) is 0.402. The van der Waals surface area contributed by atoms with E-state index in [2.05, 4.69) is 17.4 Å². The van der Waals surface area contributed by atoms with Crippen LogP contribution in [0, 0.1) is 0 Å². The van der Waals surface area contributed by atoms with Gasteiger partial charge in [0.1, 0.15) is 17.2 Å². The number of carbonyl (C=O) groups excluding carboxylic acids is 1. The normalized spacial score (nSPS) is 15.5. The van der Waals surface area contributed by atoms with Crippen LogP contribution in [0.1, 0.15) is 39.1 Å². The summed E-state index contributed by atoms with van der Waals surface area (Å²) in [6, 6.07) is 20.0. The summed E-state index contributed by atoms with van der Waals surface area (Å²) >= 11 is 8.04. The first-order chi connectivity index (χ1) is 16.5.